The Morgan fingerprint density at radius 1 is 1.21 bits per heavy atom. The van der Waals surface area contributed by atoms with E-state index in [0.717, 1.165) is 30.2 Å². The number of nitrogens with one attached hydrogen (secondary N) is 2. The molecule has 0 radical (unpaired) electrons. The third-order valence-electron chi connectivity index (χ3n) is 5.36. The fraction of sp³-hybridized carbons (Fsp3) is 0.318. The van der Waals surface area contributed by atoms with Gasteiger partial charge in [0.2, 0.25) is 0 Å². The summed E-state index contributed by atoms with van der Waals surface area (Å²) in [6, 6.07) is 11.4. The van der Waals surface area contributed by atoms with E-state index in [1.165, 1.54) is 11.3 Å². The van der Waals surface area contributed by atoms with Crippen molar-refractivity contribution < 1.29 is 17.9 Å². The second-order valence-electron chi connectivity index (χ2n) is 7.54. The summed E-state index contributed by atoms with van der Waals surface area (Å²) in [5.74, 6) is 0.164. The van der Waals surface area contributed by atoms with Gasteiger partial charge in [0.1, 0.15) is 0 Å². The number of anilines is 1. The maximum absolute atomic E-state index is 12.9. The Morgan fingerprint density at radius 3 is 2.69 bits per heavy atom. The number of esters is 1. The van der Waals surface area contributed by atoms with E-state index in [-0.39, 0.29) is 11.5 Å². The van der Waals surface area contributed by atoms with Gasteiger partial charge in [0.05, 0.1) is 17.1 Å². The number of carbonyl (C=O) groups is 1. The number of aromatic amines is 1. The molecular formula is C22H24N2O4S. The van der Waals surface area contributed by atoms with Crippen molar-refractivity contribution in [3.8, 4) is 0 Å². The Balaban J connectivity index is 1.61. The van der Waals surface area contributed by atoms with Crippen molar-refractivity contribution in [2.75, 3.05) is 11.3 Å². The first-order chi connectivity index (χ1) is 13.9. The van der Waals surface area contributed by atoms with Gasteiger partial charge in [-0.3, -0.25) is 4.72 Å². The van der Waals surface area contributed by atoms with Gasteiger partial charge in [-0.15, -0.1) is 0 Å². The predicted octanol–water partition coefficient (Wildman–Crippen LogP) is 4.27. The number of H-pyrrole nitrogens is 1. The van der Waals surface area contributed by atoms with Gasteiger partial charge in [-0.1, -0.05) is 6.92 Å². The highest BCUT2D eigenvalue weighted by Gasteiger charge is 2.22. The smallest absolute Gasteiger partial charge is 0.338 e. The molecule has 4 rings (SSSR count). The topological polar surface area (TPSA) is 88.3 Å². The van der Waals surface area contributed by atoms with E-state index in [1.807, 2.05) is 6.07 Å². The van der Waals surface area contributed by atoms with Gasteiger partial charge < -0.3 is 9.72 Å². The summed E-state index contributed by atoms with van der Waals surface area (Å²) in [5.41, 5.74) is 4.19. The van der Waals surface area contributed by atoms with Crippen LogP contribution in [0.25, 0.3) is 10.9 Å². The van der Waals surface area contributed by atoms with Gasteiger partial charge in [0.15, 0.2) is 0 Å². The highest BCUT2D eigenvalue weighted by atomic mass is 32.2. The van der Waals surface area contributed by atoms with Gasteiger partial charge in [-0.2, -0.15) is 0 Å². The Labute approximate surface area is 170 Å². The molecule has 0 fully saturated rings. The molecule has 0 amide bonds. The van der Waals surface area contributed by atoms with Gasteiger partial charge in [-0.25, -0.2) is 13.2 Å². The molecule has 1 aliphatic carbocycles. The van der Waals surface area contributed by atoms with E-state index in [2.05, 4.69) is 16.6 Å². The molecule has 0 bridgehead atoms. The van der Waals surface area contributed by atoms with Crippen LogP contribution in [0.4, 0.5) is 5.69 Å². The van der Waals surface area contributed by atoms with Gasteiger partial charge in [0, 0.05) is 22.3 Å². The number of ether oxygens (including phenoxy) is 1. The van der Waals surface area contributed by atoms with E-state index in [9.17, 15) is 13.2 Å². The SMILES string of the molecule is CCOC(=O)c1ccc(NS(=O)(=O)c2ccc3[nH]c4c(c3c2)CC(C)CC4)cc1. The van der Waals surface area contributed by atoms with Crippen LogP contribution in [0, 0.1) is 5.92 Å². The minimum absolute atomic E-state index is 0.222. The molecule has 1 unspecified atom stereocenters. The van der Waals surface area contributed by atoms with Crippen LogP contribution >= 0.6 is 0 Å². The van der Waals surface area contributed by atoms with Crippen molar-refractivity contribution in [2.45, 2.75) is 38.0 Å². The molecule has 2 aromatic carbocycles. The predicted molar refractivity (Wildman–Crippen MR) is 113 cm³/mol. The number of benzene rings is 2. The lowest BCUT2D eigenvalue weighted by Crippen LogP contribution is -2.13. The maximum Gasteiger partial charge on any atom is 0.338 e. The lowest BCUT2D eigenvalue weighted by Gasteiger charge is -2.18. The Morgan fingerprint density at radius 2 is 1.97 bits per heavy atom. The van der Waals surface area contributed by atoms with Crippen LogP contribution in [-0.4, -0.2) is 26.0 Å². The molecule has 3 aromatic rings. The summed E-state index contributed by atoms with van der Waals surface area (Å²) in [6.45, 7) is 4.25. The minimum atomic E-state index is -3.75. The maximum atomic E-state index is 12.9. The first-order valence-electron chi connectivity index (χ1n) is 9.81. The summed E-state index contributed by atoms with van der Waals surface area (Å²) in [7, 11) is -3.75. The second-order valence-corrected chi connectivity index (χ2v) is 9.22. The summed E-state index contributed by atoms with van der Waals surface area (Å²) < 4.78 is 33.3. The van der Waals surface area contributed by atoms with Crippen molar-refractivity contribution in [1.82, 2.24) is 4.98 Å². The molecule has 0 aliphatic heterocycles. The number of sulfonamides is 1. The molecule has 1 atom stereocenters. The Bertz CT molecular complexity index is 1160. The third-order valence-corrected chi connectivity index (χ3v) is 6.74. The molecular weight excluding hydrogens is 388 g/mol. The lowest BCUT2D eigenvalue weighted by atomic mass is 9.88. The number of aromatic nitrogens is 1. The van der Waals surface area contributed by atoms with Crippen molar-refractivity contribution >= 4 is 32.6 Å². The number of aryl methyl sites for hydroxylation is 1. The standard InChI is InChI=1S/C22H24N2O4S/c1-3-28-22(25)15-5-7-16(8-6-15)24-29(26,27)17-9-11-21-19(13-17)18-12-14(2)4-10-20(18)23-21/h5-9,11,13-14,23-24H,3-4,10,12H2,1-2H3. The molecule has 0 saturated carbocycles. The highest BCUT2D eigenvalue weighted by molar-refractivity contribution is 7.92. The van der Waals surface area contributed by atoms with E-state index in [0.29, 0.717) is 17.2 Å². The molecule has 0 spiro atoms. The first kappa shape index (κ1) is 19.5. The van der Waals surface area contributed by atoms with E-state index in [4.69, 9.17) is 4.74 Å². The van der Waals surface area contributed by atoms with Gasteiger partial charge in [-0.05, 0) is 80.1 Å². The molecule has 0 saturated heterocycles. The normalized spacial score (nSPS) is 16.4. The minimum Gasteiger partial charge on any atom is -0.462 e. The van der Waals surface area contributed by atoms with Crippen molar-refractivity contribution in [3.63, 3.8) is 0 Å². The van der Waals surface area contributed by atoms with Crippen LogP contribution in [0.15, 0.2) is 47.4 Å². The summed E-state index contributed by atoms with van der Waals surface area (Å²) in [6.07, 6.45) is 3.11. The van der Waals surface area contributed by atoms with Gasteiger partial charge >= 0.3 is 5.97 Å². The molecule has 6 nitrogen and oxygen atoms in total. The largest absolute Gasteiger partial charge is 0.462 e. The highest BCUT2D eigenvalue weighted by Crippen LogP contribution is 2.33. The zero-order chi connectivity index (χ0) is 20.6. The zero-order valence-corrected chi connectivity index (χ0v) is 17.3. The average Bonchev–Trinajstić information content (AvgIpc) is 3.05. The summed E-state index contributed by atoms with van der Waals surface area (Å²) in [4.78, 5) is 15.4. The van der Waals surface area contributed by atoms with E-state index in [1.54, 1.807) is 43.3 Å². The van der Waals surface area contributed by atoms with Crippen LogP contribution in [0.1, 0.15) is 41.9 Å². The number of rotatable bonds is 5. The van der Waals surface area contributed by atoms with Crippen LogP contribution in [-0.2, 0) is 27.6 Å². The average molecular weight is 413 g/mol. The quantitative estimate of drug-likeness (QED) is 0.613. The lowest BCUT2D eigenvalue weighted by molar-refractivity contribution is 0.0526. The fourth-order valence-corrected chi connectivity index (χ4v) is 4.92. The Hall–Kier alpha value is -2.80. The monoisotopic (exact) mass is 412 g/mol. The molecule has 7 heteroatoms. The van der Waals surface area contributed by atoms with Gasteiger partial charge in [0.25, 0.3) is 10.0 Å². The van der Waals surface area contributed by atoms with Crippen molar-refractivity contribution in [3.05, 3.63) is 59.3 Å². The summed E-state index contributed by atoms with van der Waals surface area (Å²) in [5, 5.41) is 0.979. The van der Waals surface area contributed by atoms with Crippen molar-refractivity contribution in [2.24, 2.45) is 5.92 Å². The Kier molecular flexibility index (Phi) is 5.08. The van der Waals surface area contributed by atoms with Crippen LogP contribution in [0.3, 0.4) is 0 Å². The fourth-order valence-electron chi connectivity index (χ4n) is 3.84. The molecule has 29 heavy (non-hydrogen) atoms. The second kappa shape index (κ2) is 7.55. The number of hydrogen-bond donors (Lipinski definition) is 2. The molecule has 1 aliphatic rings. The molecule has 152 valence electrons. The number of hydrogen-bond acceptors (Lipinski definition) is 4. The number of carbonyl (C=O) groups excluding carboxylic acids is 1. The van der Waals surface area contributed by atoms with Crippen molar-refractivity contribution in [1.29, 1.82) is 0 Å². The first-order valence-corrected chi connectivity index (χ1v) is 11.3. The van der Waals surface area contributed by atoms with Crippen LogP contribution in [0.2, 0.25) is 0 Å². The van der Waals surface area contributed by atoms with Crippen LogP contribution in [0.5, 0.6) is 0 Å². The molecule has 2 N–H and O–H groups in total. The third kappa shape index (κ3) is 3.87. The number of fused-ring (bicyclic) bond motifs is 3. The zero-order valence-electron chi connectivity index (χ0n) is 16.5. The molecule has 1 heterocycles. The molecule has 1 aromatic heterocycles. The summed E-state index contributed by atoms with van der Waals surface area (Å²) >= 11 is 0. The van der Waals surface area contributed by atoms with E-state index < -0.39 is 16.0 Å². The van der Waals surface area contributed by atoms with E-state index >= 15 is 0 Å². The van der Waals surface area contributed by atoms with Crippen LogP contribution < -0.4 is 4.72 Å².